The minimum atomic E-state index is -1.37. The lowest BCUT2D eigenvalue weighted by Gasteiger charge is -2.33. The molecule has 0 fully saturated rings. The lowest BCUT2D eigenvalue weighted by Crippen LogP contribution is -2.45. The summed E-state index contributed by atoms with van der Waals surface area (Å²) in [5.74, 6) is -1.29. The van der Waals surface area contributed by atoms with Crippen LogP contribution in [0.3, 0.4) is 0 Å². The lowest BCUT2D eigenvalue weighted by molar-refractivity contribution is -0.169. The second-order valence-electron chi connectivity index (χ2n) is 6.02. The Balaban J connectivity index is 2.52. The highest BCUT2D eigenvalue weighted by atomic mass is 16.5. The molecule has 0 radical (unpaired) electrons. The number of esters is 2. The van der Waals surface area contributed by atoms with Crippen LogP contribution < -0.4 is 0 Å². The summed E-state index contributed by atoms with van der Waals surface area (Å²) in [5, 5.41) is 0. The van der Waals surface area contributed by atoms with Gasteiger partial charge in [0.2, 0.25) is 0 Å². The predicted octanol–water partition coefficient (Wildman–Crippen LogP) is 3.36. The van der Waals surface area contributed by atoms with Crippen LogP contribution in [0.4, 0.5) is 0 Å². The Kier molecular flexibility index (Phi) is 5.24. The summed E-state index contributed by atoms with van der Waals surface area (Å²) in [7, 11) is 2.61. The van der Waals surface area contributed by atoms with Crippen molar-refractivity contribution >= 4 is 11.9 Å². The Morgan fingerprint density at radius 1 is 1.35 bits per heavy atom. The maximum absolute atomic E-state index is 12.5. The first-order valence-corrected chi connectivity index (χ1v) is 7.88. The number of allylic oxidation sites excluding steroid dienone is 5. The summed E-state index contributed by atoms with van der Waals surface area (Å²) in [5.41, 5.74) is 0.510. The number of rotatable bonds is 6. The van der Waals surface area contributed by atoms with E-state index >= 15 is 0 Å². The van der Waals surface area contributed by atoms with Gasteiger partial charge in [0.15, 0.2) is 5.41 Å². The molecule has 0 unspecified atom stereocenters. The van der Waals surface area contributed by atoms with Crippen molar-refractivity contribution in [3.63, 3.8) is 0 Å². The highest BCUT2D eigenvalue weighted by molar-refractivity contribution is 6.04. The van der Waals surface area contributed by atoms with Crippen molar-refractivity contribution in [2.75, 3.05) is 14.2 Å². The van der Waals surface area contributed by atoms with E-state index in [4.69, 9.17) is 9.47 Å². The van der Waals surface area contributed by atoms with E-state index in [9.17, 15) is 9.59 Å². The third kappa shape index (κ3) is 2.78. The summed E-state index contributed by atoms with van der Waals surface area (Å²) < 4.78 is 9.93. The minimum Gasteiger partial charge on any atom is -0.468 e. The molecule has 124 valence electrons. The maximum atomic E-state index is 12.5. The summed E-state index contributed by atoms with van der Waals surface area (Å²) in [6, 6.07) is 0. The van der Waals surface area contributed by atoms with Gasteiger partial charge in [-0.1, -0.05) is 36.5 Å². The molecule has 0 saturated heterocycles. The molecule has 2 aliphatic carbocycles. The number of hydrogen-bond donors (Lipinski definition) is 0. The fraction of sp³-hybridized carbons (Fsp3) is 0.474. The molecule has 0 aromatic carbocycles. The molecular formula is C19H24O4. The lowest BCUT2D eigenvalue weighted by atomic mass is 9.69. The Morgan fingerprint density at radius 3 is 2.57 bits per heavy atom. The molecular weight excluding hydrogens is 292 g/mol. The van der Waals surface area contributed by atoms with E-state index in [1.54, 1.807) is 6.08 Å². The van der Waals surface area contributed by atoms with Crippen LogP contribution in [0, 0.1) is 17.3 Å². The van der Waals surface area contributed by atoms with E-state index in [1.165, 1.54) is 14.2 Å². The van der Waals surface area contributed by atoms with E-state index in [0.717, 1.165) is 36.8 Å². The fourth-order valence-electron chi connectivity index (χ4n) is 3.71. The third-order valence-electron chi connectivity index (χ3n) is 4.85. The molecule has 0 aliphatic heterocycles. The maximum Gasteiger partial charge on any atom is 0.327 e. The topological polar surface area (TPSA) is 52.6 Å². The standard InChI is InChI=1S/C19H24O4/c1-5-6-9-13(2)15-12-19(17(20)22-3,18(21)23-4)16-11-8-7-10-14(15)16/h5,7,10,12,14,16H,1-2,6,8-9,11H2,3-4H3/t14-,16-/m1/s1. The molecule has 0 amide bonds. The second-order valence-corrected chi connectivity index (χ2v) is 6.02. The summed E-state index contributed by atoms with van der Waals surface area (Å²) in [4.78, 5) is 25.1. The van der Waals surface area contributed by atoms with Crippen molar-refractivity contribution in [3.05, 3.63) is 48.6 Å². The molecule has 2 rings (SSSR count). The number of fused-ring (bicyclic) bond motifs is 1. The van der Waals surface area contributed by atoms with Crippen LogP contribution in [0.1, 0.15) is 25.7 Å². The zero-order valence-electron chi connectivity index (χ0n) is 13.8. The van der Waals surface area contributed by atoms with E-state index in [-0.39, 0.29) is 11.8 Å². The number of carbonyl (C=O) groups excluding carboxylic acids is 2. The molecule has 0 N–H and O–H groups in total. The van der Waals surface area contributed by atoms with Crippen LogP contribution in [0.25, 0.3) is 0 Å². The molecule has 4 heteroatoms. The van der Waals surface area contributed by atoms with Crippen LogP contribution in [0.2, 0.25) is 0 Å². The van der Waals surface area contributed by atoms with Gasteiger partial charge in [0.1, 0.15) is 0 Å². The molecule has 4 nitrogen and oxygen atoms in total. The highest BCUT2D eigenvalue weighted by Gasteiger charge is 2.59. The highest BCUT2D eigenvalue weighted by Crippen LogP contribution is 2.53. The Labute approximate surface area is 137 Å². The number of methoxy groups -OCH3 is 2. The van der Waals surface area contributed by atoms with E-state index < -0.39 is 17.4 Å². The molecule has 2 atom stereocenters. The van der Waals surface area contributed by atoms with Crippen LogP contribution in [-0.2, 0) is 19.1 Å². The molecule has 0 spiro atoms. The molecule has 0 bridgehead atoms. The van der Waals surface area contributed by atoms with E-state index in [1.807, 2.05) is 6.08 Å². The largest absolute Gasteiger partial charge is 0.468 e. The molecule has 0 aromatic heterocycles. The van der Waals surface area contributed by atoms with Gasteiger partial charge in [-0.3, -0.25) is 9.59 Å². The zero-order chi connectivity index (χ0) is 17.0. The number of carbonyl (C=O) groups is 2. The summed E-state index contributed by atoms with van der Waals surface area (Å²) >= 11 is 0. The van der Waals surface area contributed by atoms with Gasteiger partial charge in [-0.15, -0.1) is 6.58 Å². The number of ether oxygens (including phenoxy) is 2. The zero-order valence-corrected chi connectivity index (χ0v) is 13.8. The summed E-state index contributed by atoms with van der Waals surface area (Å²) in [6.45, 7) is 7.88. The van der Waals surface area contributed by atoms with Gasteiger partial charge in [-0.2, -0.15) is 0 Å². The van der Waals surface area contributed by atoms with Crippen molar-refractivity contribution < 1.29 is 19.1 Å². The van der Waals surface area contributed by atoms with Gasteiger partial charge in [-0.05, 0) is 37.2 Å². The second kappa shape index (κ2) is 6.99. The normalized spacial score (nSPS) is 24.3. The van der Waals surface area contributed by atoms with Gasteiger partial charge in [0.05, 0.1) is 14.2 Å². The average molecular weight is 316 g/mol. The predicted molar refractivity (Wildman–Crippen MR) is 88.5 cm³/mol. The van der Waals surface area contributed by atoms with Crippen LogP contribution in [0.5, 0.6) is 0 Å². The third-order valence-corrected chi connectivity index (χ3v) is 4.85. The van der Waals surface area contributed by atoms with Gasteiger partial charge < -0.3 is 9.47 Å². The fourth-order valence-corrected chi connectivity index (χ4v) is 3.71. The molecule has 0 heterocycles. The monoisotopic (exact) mass is 316 g/mol. The van der Waals surface area contributed by atoms with E-state index in [2.05, 4.69) is 25.3 Å². The van der Waals surface area contributed by atoms with Crippen molar-refractivity contribution in [2.24, 2.45) is 17.3 Å². The SMILES string of the molecule is C=CCCC(=C)C1=CC(C(=O)OC)(C(=O)OC)[C@@H]2CCC=C[C@H]12. The first kappa shape index (κ1) is 17.3. The average Bonchev–Trinajstić information content (AvgIpc) is 2.94. The van der Waals surface area contributed by atoms with Gasteiger partial charge >= 0.3 is 11.9 Å². The van der Waals surface area contributed by atoms with Gasteiger partial charge in [0.25, 0.3) is 0 Å². The summed E-state index contributed by atoms with van der Waals surface area (Å²) in [6.07, 6.45) is 10.9. The Bertz CT molecular complexity index is 566. The minimum absolute atomic E-state index is 0.000680. The van der Waals surface area contributed by atoms with Gasteiger partial charge in [0, 0.05) is 5.92 Å². The first-order chi connectivity index (χ1) is 11.0. The van der Waals surface area contributed by atoms with Crippen molar-refractivity contribution in [3.8, 4) is 0 Å². The first-order valence-electron chi connectivity index (χ1n) is 7.88. The van der Waals surface area contributed by atoms with Crippen LogP contribution in [0.15, 0.2) is 48.6 Å². The Hall–Kier alpha value is -2.10. The molecule has 0 aromatic rings. The van der Waals surface area contributed by atoms with Crippen molar-refractivity contribution in [1.29, 1.82) is 0 Å². The smallest absolute Gasteiger partial charge is 0.327 e. The molecule has 23 heavy (non-hydrogen) atoms. The van der Waals surface area contributed by atoms with Gasteiger partial charge in [-0.25, -0.2) is 0 Å². The Morgan fingerprint density at radius 2 is 2.00 bits per heavy atom. The van der Waals surface area contributed by atoms with E-state index in [0.29, 0.717) is 0 Å². The van der Waals surface area contributed by atoms with Crippen LogP contribution >= 0.6 is 0 Å². The molecule has 2 aliphatic rings. The quantitative estimate of drug-likeness (QED) is 0.428. The van der Waals surface area contributed by atoms with Crippen molar-refractivity contribution in [1.82, 2.24) is 0 Å². The van der Waals surface area contributed by atoms with Crippen LogP contribution in [-0.4, -0.2) is 26.2 Å². The van der Waals surface area contributed by atoms with Crippen molar-refractivity contribution in [2.45, 2.75) is 25.7 Å². The molecule has 0 saturated carbocycles. The number of hydrogen-bond acceptors (Lipinski definition) is 4.